The number of likely N-dealkylation sites (N-methyl/N-ethyl adjacent to an activating group) is 2. The van der Waals surface area contributed by atoms with Gasteiger partial charge in [0.1, 0.15) is 34.3 Å². The molecule has 5 N–H and O–H groups in total. The van der Waals surface area contributed by atoms with Gasteiger partial charge in [0.05, 0.1) is 38.0 Å². The molecule has 4 saturated carbocycles. The number of rotatable bonds is 16. The number of carbonyl (C=O) groups excluding carboxylic acids is 4. The molecule has 0 radical (unpaired) electrons. The van der Waals surface area contributed by atoms with E-state index in [9.17, 15) is 19.2 Å². The molecular formula is C68H97ClN16O6. The number of carbonyl (C=O) groups is 4. The number of nitrogens with two attached hydrogens (primary N) is 1. The molecule has 12 rings (SSSR count). The first-order valence-corrected chi connectivity index (χ1v) is 33.5. The van der Waals surface area contributed by atoms with Crippen LogP contribution in [-0.2, 0) is 9.59 Å². The lowest BCUT2D eigenvalue weighted by Gasteiger charge is -2.42. The predicted octanol–water partition coefficient (Wildman–Crippen LogP) is 8.96. The first-order chi connectivity index (χ1) is 43.8. The summed E-state index contributed by atoms with van der Waals surface area (Å²) in [7, 11) is 6.59. The van der Waals surface area contributed by atoms with E-state index in [1.54, 1.807) is 86.9 Å². The molecule has 4 amide bonds. The number of amides is 4. The summed E-state index contributed by atoms with van der Waals surface area (Å²) < 4.78 is 10.9. The minimum atomic E-state index is -0.0935. The number of aromatic nitrogens is 4. The Labute approximate surface area is 543 Å². The second-order valence-corrected chi connectivity index (χ2v) is 26.6. The van der Waals surface area contributed by atoms with Gasteiger partial charge >= 0.3 is 0 Å². The molecule has 2 aromatic heterocycles. The molecule has 91 heavy (non-hydrogen) atoms. The predicted molar refractivity (Wildman–Crippen MR) is 361 cm³/mol. The molecule has 492 valence electrons. The molecule has 6 fully saturated rings. The number of nitrogen functional groups attached to an aromatic ring is 1. The molecule has 22 nitrogen and oxygen atoms in total. The van der Waals surface area contributed by atoms with Crippen molar-refractivity contribution < 1.29 is 28.7 Å². The third-order valence-corrected chi connectivity index (χ3v) is 19.5. The molecule has 2 aromatic carbocycles. The van der Waals surface area contributed by atoms with E-state index in [-0.39, 0.29) is 53.1 Å². The number of nitrogens with zero attached hydrogens (tertiary/aromatic N) is 12. The second-order valence-electron chi connectivity index (χ2n) is 26.3. The van der Waals surface area contributed by atoms with Gasteiger partial charge in [-0.05, 0) is 178 Å². The quantitative estimate of drug-likeness (QED) is 0.0466. The van der Waals surface area contributed by atoms with Gasteiger partial charge in [-0.2, -0.15) is 9.97 Å². The summed E-state index contributed by atoms with van der Waals surface area (Å²) in [4.78, 5) is 86.1. The van der Waals surface area contributed by atoms with Crippen LogP contribution < -0.4 is 50.8 Å². The molecule has 8 aliphatic rings. The number of piperazine rings is 2. The molecule has 2 saturated heterocycles. The zero-order valence-electron chi connectivity index (χ0n) is 55.2. The first kappa shape index (κ1) is 66.8. The maximum absolute atomic E-state index is 13.3. The van der Waals surface area contributed by atoms with Gasteiger partial charge in [-0.25, -0.2) is 9.97 Å². The topological polar surface area (TPSA) is 226 Å². The highest BCUT2D eigenvalue weighted by Gasteiger charge is 2.38. The largest absolute Gasteiger partial charge is 0.495 e. The number of halogens is 1. The summed E-state index contributed by atoms with van der Waals surface area (Å²) >= 11 is 5.85. The fourth-order valence-corrected chi connectivity index (χ4v) is 13.9. The maximum atomic E-state index is 13.3. The third kappa shape index (κ3) is 16.2. The number of ether oxygens (including phenoxy) is 2. The lowest BCUT2D eigenvalue weighted by molar-refractivity contribution is -0.116. The summed E-state index contributed by atoms with van der Waals surface area (Å²) in [6.45, 7) is 24.0. The third-order valence-electron chi connectivity index (χ3n) is 19.3. The van der Waals surface area contributed by atoms with E-state index >= 15 is 0 Å². The SMILES string of the molecule is CC=C1C(=O)N(C)c2cnc(Cl)nc2N1C(C)C.CC=C1C(=O)N(C)c2cnc(Nc3ccc(C(=O)NC4CCC(N5CCN(CC6CC6)CC5)CC4)cc3OC)nc2N1C(C)C.COc1cc(C(=O)NC2CCC(N3CCN(CC4CC4)CC3)CC2)ccc1N. The minimum Gasteiger partial charge on any atom is -0.495 e. The number of hydrogen-bond acceptors (Lipinski definition) is 18. The number of anilines is 7. The van der Waals surface area contributed by atoms with Crippen LogP contribution in [0.25, 0.3) is 0 Å². The van der Waals surface area contributed by atoms with Crippen LogP contribution in [0, 0.1) is 11.8 Å². The molecule has 0 bridgehead atoms. The van der Waals surface area contributed by atoms with Crippen LogP contribution in [0.5, 0.6) is 11.5 Å². The summed E-state index contributed by atoms with van der Waals surface area (Å²) in [5, 5.41) is 9.91. The smallest absolute Gasteiger partial charge is 0.274 e. The van der Waals surface area contributed by atoms with Crippen LogP contribution in [0.4, 0.5) is 40.3 Å². The lowest BCUT2D eigenvalue weighted by atomic mass is 9.89. The highest BCUT2D eigenvalue weighted by Crippen LogP contribution is 2.40. The number of methoxy groups -OCH3 is 2. The maximum Gasteiger partial charge on any atom is 0.274 e. The van der Waals surface area contributed by atoms with E-state index in [1.165, 1.54) is 104 Å². The Kier molecular flexibility index (Phi) is 22.1. The van der Waals surface area contributed by atoms with E-state index in [0.717, 1.165) is 50.4 Å². The fourth-order valence-electron chi connectivity index (χ4n) is 13.7. The van der Waals surface area contributed by atoms with Gasteiger partial charge in [-0.1, -0.05) is 12.2 Å². The van der Waals surface area contributed by atoms with Crippen molar-refractivity contribution in [2.75, 3.05) is 124 Å². The van der Waals surface area contributed by atoms with Crippen molar-refractivity contribution in [3.8, 4) is 11.5 Å². The molecule has 0 unspecified atom stereocenters. The van der Waals surface area contributed by atoms with Crippen molar-refractivity contribution >= 4 is 75.6 Å². The summed E-state index contributed by atoms with van der Waals surface area (Å²) in [5.41, 5.74) is 10.7. The Morgan fingerprint density at radius 1 is 0.604 bits per heavy atom. The van der Waals surface area contributed by atoms with Crippen molar-refractivity contribution in [1.29, 1.82) is 0 Å². The van der Waals surface area contributed by atoms with Crippen LogP contribution in [-0.4, -0.2) is 193 Å². The average molecular weight is 1270 g/mol. The molecule has 4 aliphatic carbocycles. The van der Waals surface area contributed by atoms with E-state index in [4.69, 9.17) is 31.8 Å². The fraction of sp³-hybridized carbons (Fsp3) is 0.588. The highest BCUT2D eigenvalue weighted by molar-refractivity contribution is 6.28. The molecular weight excluding hydrogens is 1170 g/mol. The molecule has 6 heterocycles. The number of nitrogens with one attached hydrogen (secondary N) is 3. The minimum absolute atomic E-state index is 0.0186. The van der Waals surface area contributed by atoms with Crippen LogP contribution >= 0.6 is 11.6 Å². The van der Waals surface area contributed by atoms with Gasteiger partial charge in [-0.3, -0.25) is 29.0 Å². The number of hydrogen-bond donors (Lipinski definition) is 4. The van der Waals surface area contributed by atoms with Gasteiger partial charge in [-0.15, -0.1) is 0 Å². The van der Waals surface area contributed by atoms with E-state index < -0.39 is 0 Å². The average Bonchev–Trinajstić information content (AvgIpc) is 1.39. The zero-order chi connectivity index (χ0) is 64.6. The summed E-state index contributed by atoms with van der Waals surface area (Å²) in [6, 6.07) is 12.5. The normalized spacial score (nSPS) is 23.5. The summed E-state index contributed by atoms with van der Waals surface area (Å²) in [5.74, 6) is 4.45. The zero-order valence-corrected chi connectivity index (χ0v) is 56.0. The van der Waals surface area contributed by atoms with Gasteiger partial charge in [0, 0.05) is 127 Å². The van der Waals surface area contributed by atoms with Crippen LogP contribution in [0.1, 0.15) is 139 Å². The van der Waals surface area contributed by atoms with Crippen molar-refractivity contribution in [2.45, 2.75) is 155 Å². The Morgan fingerprint density at radius 2 is 1.03 bits per heavy atom. The Bertz CT molecular complexity index is 3270. The Hall–Kier alpha value is -7.11. The summed E-state index contributed by atoms with van der Waals surface area (Å²) in [6.07, 6.45) is 21.3. The second kappa shape index (κ2) is 30.1. The van der Waals surface area contributed by atoms with Gasteiger partial charge < -0.3 is 60.6 Å². The molecule has 0 spiro atoms. The van der Waals surface area contributed by atoms with Gasteiger partial charge in [0.15, 0.2) is 11.6 Å². The number of benzene rings is 2. The molecule has 4 aromatic rings. The molecule has 23 heteroatoms. The lowest BCUT2D eigenvalue weighted by Crippen LogP contribution is -2.52. The van der Waals surface area contributed by atoms with Crippen molar-refractivity contribution in [2.24, 2.45) is 11.8 Å². The van der Waals surface area contributed by atoms with Crippen LogP contribution in [0.2, 0.25) is 5.28 Å². The van der Waals surface area contributed by atoms with Crippen molar-refractivity contribution in [1.82, 2.24) is 50.2 Å². The Balaban J connectivity index is 0.000000167. The molecule has 4 aliphatic heterocycles. The van der Waals surface area contributed by atoms with E-state index in [0.29, 0.717) is 86.4 Å². The van der Waals surface area contributed by atoms with Crippen LogP contribution in [0.3, 0.4) is 0 Å². The van der Waals surface area contributed by atoms with Crippen LogP contribution in [0.15, 0.2) is 72.3 Å². The molecule has 0 atom stereocenters. The highest BCUT2D eigenvalue weighted by atomic mass is 35.5. The Morgan fingerprint density at radius 3 is 1.46 bits per heavy atom. The standard InChI is InChI=1S/C34H48N8O3.C22H34N4O2.C12H15ClN4O/c1-6-28-33(44)39(4)29-20-35-34(38-31(29)42(28)22(2)3)37-27-14-9-24(19-30(27)45-5)32(43)36-25-10-12-26(13-11-25)41-17-15-40(16-18-41)21-23-7-8-23;1-28-21-14-17(4-9-20(21)23)22(27)24-18-5-7-19(8-6-18)26-12-10-25(11-13-26)15-16-2-3-16;1-5-8-11(18)16(4)9-6-14-12(13)15-10(9)17(8)7(2)3/h6,9,14,19-20,22-23,25-26H,7-8,10-13,15-18,21H2,1-5H3,(H,36,43)(H,35,37,38);4,9,14,16,18-19H,2-3,5-8,10-13,15,23H2,1H3,(H,24,27);5-7H,1-4H3. The van der Waals surface area contributed by atoms with Gasteiger partial charge in [0.2, 0.25) is 11.2 Å². The number of fused-ring (bicyclic) bond motifs is 2. The number of allylic oxidation sites excluding steroid dienone is 2. The van der Waals surface area contributed by atoms with E-state index in [2.05, 4.69) is 50.5 Å². The monoisotopic (exact) mass is 1270 g/mol. The van der Waals surface area contributed by atoms with Crippen molar-refractivity contribution in [3.63, 3.8) is 0 Å². The van der Waals surface area contributed by atoms with Gasteiger partial charge in [0.25, 0.3) is 23.6 Å². The first-order valence-electron chi connectivity index (χ1n) is 33.1. The van der Waals surface area contributed by atoms with E-state index in [1.807, 2.05) is 63.5 Å². The van der Waals surface area contributed by atoms with Crippen molar-refractivity contribution in [3.05, 3.63) is 88.7 Å².